The summed E-state index contributed by atoms with van der Waals surface area (Å²) in [5.74, 6) is 0.488. The maximum absolute atomic E-state index is 12.6. The third kappa shape index (κ3) is 4.99. The van der Waals surface area contributed by atoms with Gasteiger partial charge in [-0.05, 0) is 43.5 Å². The Hall–Kier alpha value is -3.21. The molecule has 2 aromatic carbocycles. The third-order valence-corrected chi connectivity index (χ3v) is 5.36. The maximum atomic E-state index is 12.6. The zero-order chi connectivity index (χ0) is 20.1. The summed E-state index contributed by atoms with van der Waals surface area (Å²) < 4.78 is 0. The molecule has 0 saturated heterocycles. The molecule has 29 heavy (non-hydrogen) atoms. The molecule has 0 atom stereocenters. The van der Waals surface area contributed by atoms with E-state index in [-0.39, 0.29) is 5.91 Å². The molecule has 0 radical (unpaired) electrons. The van der Waals surface area contributed by atoms with Gasteiger partial charge in [-0.25, -0.2) is 9.97 Å². The fourth-order valence-corrected chi connectivity index (χ4v) is 3.67. The second-order valence-corrected chi connectivity index (χ2v) is 7.68. The SMILES string of the molecule is Cc1ccc(-c2cnc(Nc3cccc(C(=O)NC4CCCCC4)c3)nc2)cc1. The van der Waals surface area contributed by atoms with Crippen LogP contribution in [0.15, 0.2) is 60.9 Å². The molecule has 0 aliphatic heterocycles. The van der Waals surface area contributed by atoms with Gasteiger partial charge in [-0.3, -0.25) is 4.79 Å². The first-order valence-electron chi connectivity index (χ1n) is 10.2. The van der Waals surface area contributed by atoms with Crippen LogP contribution in [-0.4, -0.2) is 21.9 Å². The van der Waals surface area contributed by atoms with E-state index < -0.39 is 0 Å². The topological polar surface area (TPSA) is 66.9 Å². The van der Waals surface area contributed by atoms with Gasteiger partial charge in [0.15, 0.2) is 0 Å². The summed E-state index contributed by atoms with van der Waals surface area (Å²) in [6, 6.07) is 16.0. The molecule has 4 rings (SSSR count). The monoisotopic (exact) mass is 386 g/mol. The van der Waals surface area contributed by atoms with Crippen molar-refractivity contribution in [3.8, 4) is 11.1 Å². The van der Waals surface area contributed by atoms with E-state index in [0.29, 0.717) is 17.6 Å². The van der Waals surface area contributed by atoms with Crippen molar-refractivity contribution >= 4 is 17.5 Å². The van der Waals surface area contributed by atoms with Gasteiger partial charge in [0.25, 0.3) is 5.91 Å². The number of carbonyl (C=O) groups is 1. The van der Waals surface area contributed by atoms with Crippen molar-refractivity contribution in [2.24, 2.45) is 0 Å². The van der Waals surface area contributed by atoms with Gasteiger partial charge in [-0.1, -0.05) is 55.2 Å². The van der Waals surface area contributed by atoms with Crippen LogP contribution in [0.5, 0.6) is 0 Å². The molecule has 1 aliphatic carbocycles. The first kappa shape index (κ1) is 19.1. The van der Waals surface area contributed by atoms with Crippen LogP contribution in [0.25, 0.3) is 11.1 Å². The number of rotatable bonds is 5. The highest BCUT2D eigenvalue weighted by atomic mass is 16.1. The lowest BCUT2D eigenvalue weighted by Gasteiger charge is -2.22. The van der Waals surface area contributed by atoms with E-state index in [1.54, 1.807) is 12.4 Å². The van der Waals surface area contributed by atoms with Crippen LogP contribution in [0, 0.1) is 6.92 Å². The molecular formula is C24H26N4O. The zero-order valence-corrected chi connectivity index (χ0v) is 16.7. The van der Waals surface area contributed by atoms with Gasteiger partial charge in [0.05, 0.1) is 0 Å². The summed E-state index contributed by atoms with van der Waals surface area (Å²) in [4.78, 5) is 21.4. The number of nitrogens with zero attached hydrogens (tertiary/aromatic N) is 2. The molecule has 3 aromatic rings. The Morgan fingerprint density at radius 2 is 1.66 bits per heavy atom. The molecule has 0 bridgehead atoms. The van der Waals surface area contributed by atoms with Crippen LogP contribution in [-0.2, 0) is 0 Å². The number of benzene rings is 2. The van der Waals surface area contributed by atoms with E-state index in [4.69, 9.17) is 0 Å². The minimum absolute atomic E-state index is 0.0174. The van der Waals surface area contributed by atoms with Crippen molar-refractivity contribution in [3.63, 3.8) is 0 Å². The van der Waals surface area contributed by atoms with Crippen LogP contribution in [0.1, 0.15) is 48.0 Å². The number of aryl methyl sites for hydroxylation is 1. The molecule has 2 N–H and O–H groups in total. The number of nitrogens with one attached hydrogen (secondary N) is 2. The van der Waals surface area contributed by atoms with Crippen LogP contribution in [0.4, 0.5) is 11.6 Å². The van der Waals surface area contributed by atoms with E-state index in [1.807, 2.05) is 24.3 Å². The van der Waals surface area contributed by atoms with Gasteiger partial charge in [-0.15, -0.1) is 0 Å². The summed E-state index contributed by atoms with van der Waals surface area (Å²) in [5.41, 5.74) is 4.72. The largest absolute Gasteiger partial charge is 0.349 e. The molecule has 0 spiro atoms. The molecule has 1 saturated carbocycles. The van der Waals surface area contributed by atoms with Gasteiger partial charge in [0.1, 0.15) is 0 Å². The van der Waals surface area contributed by atoms with E-state index in [9.17, 15) is 4.79 Å². The van der Waals surface area contributed by atoms with Gasteiger partial charge < -0.3 is 10.6 Å². The van der Waals surface area contributed by atoms with Gasteiger partial charge in [0.2, 0.25) is 5.95 Å². The van der Waals surface area contributed by atoms with Crippen molar-refractivity contribution < 1.29 is 4.79 Å². The predicted molar refractivity (Wildman–Crippen MR) is 116 cm³/mol. The molecule has 1 amide bonds. The molecule has 148 valence electrons. The van der Waals surface area contributed by atoms with Crippen LogP contribution >= 0.6 is 0 Å². The highest BCUT2D eigenvalue weighted by Gasteiger charge is 2.16. The maximum Gasteiger partial charge on any atom is 0.251 e. The summed E-state index contributed by atoms with van der Waals surface area (Å²) in [5, 5.41) is 6.35. The summed E-state index contributed by atoms with van der Waals surface area (Å²) in [6.07, 6.45) is 9.42. The van der Waals surface area contributed by atoms with Crippen molar-refractivity contribution in [1.29, 1.82) is 0 Å². The summed E-state index contributed by atoms with van der Waals surface area (Å²) in [6.45, 7) is 2.07. The minimum atomic E-state index is -0.0174. The Bertz CT molecular complexity index is 961. The molecule has 1 fully saturated rings. The fourth-order valence-electron chi connectivity index (χ4n) is 3.67. The Labute approximate surface area is 171 Å². The van der Waals surface area contributed by atoms with Gasteiger partial charge in [0, 0.05) is 35.2 Å². The quantitative estimate of drug-likeness (QED) is 0.628. The first-order valence-corrected chi connectivity index (χ1v) is 10.2. The minimum Gasteiger partial charge on any atom is -0.349 e. The predicted octanol–water partition coefficient (Wildman–Crippen LogP) is 5.26. The average Bonchev–Trinajstić information content (AvgIpc) is 2.76. The van der Waals surface area contributed by atoms with Gasteiger partial charge in [-0.2, -0.15) is 0 Å². The zero-order valence-electron chi connectivity index (χ0n) is 16.7. The molecule has 1 aromatic heterocycles. The van der Waals surface area contributed by atoms with Crippen molar-refractivity contribution in [2.45, 2.75) is 45.1 Å². The Kier molecular flexibility index (Phi) is 5.84. The summed E-state index contributed by atoms with van der Waals surface area (Å²) >= 11 is 0. The summed E-state index contributed by atoms with van der Waals surface area (Å²) in [7, 11) is 0. The third-order valence-electron chi connectivity index (χ3n) is 5.36. The average molecular weight is 386 g/mol. The van der Waals surface area contributed by atoms with Crippen LogP contribution in [0.2, 0.25) is 0 Å². The highest BCUT2D eigenvalue weighted by Crippen LogP contribution is 2.21. The number of hydrogen-bond acceptors (Lipinski definition) is 4. The van der Waals surface area contributed by atoms with Crippen LogP contribution < -0.4 is 10.6 Å². The number of amides is 1. The second kappa shape index (κ2) is 8.86. The first-order chi connectivity index (χ1) is 14.2. The molecule has 1 heterocycles. The fraction of sp³-hybridized carbons (Fsp3) is 0.292. The van der Waals surface area contributed by atoms with E-state index in [1.165, 1.54) is 24.8 Å². The van der Waals surface area contributed by atoms with Crippen LogP contribution in [0.3, 0.4) is 0 Å². The molecular weight excluding hydrogens is 360 g/mol. The number of hydrogen-bond donors (Lipinski definition) is 2. The lowest BCUT2D eigenvalue weighted by molar-refractivity contribution is 0.0928. The highest BCUT2D eigenvalue weighted by molar-refractivity contribution is 5.95. The van der Waals surface area contributed by atoms with Crippen molar-refractivity contribution in [3.05, 3.63) is 72.1 Å². The molecule has 5 nitrogen and oxygen atoms in total. The Balaban J connectivity index is 1.42. The van der Waals surface area contributed by atoms with E-state index >= 15 is 0 Å². The number of aromatic nitrogens is 2. The smallest absolute Gasteiger partial charge is 0.251 e. The Morgan fingerprint density at radius 3 is 2.38 bits per heavy atom. The lowest BCUT2D eigenvalue weighted by atomic mass is 9.95. The number of anilines is 2. The van der Waals surface area contributed by atoms with E-state index in [2.05, 4.69) is 51.8 Å². The van der Waals surface area contributed by atoms with E-state index in [0.717, 1.165) is 29.7 Å². The van der Waals surface area contributed by atoms with Crippen molar-refractivity contribution in [1.82, 2.24) is 15.3 Å². The van der Waals surface area contributed by atoms with Gasteiger partial charge >= 0.3 is 0 Å². The molecule has 5 heteroatoms. The number of carbonyl (C=O) groups excluding carboxylic acids is 1. The Morgan fingerprint density at radius 1 is 0.931 bits per heavy atom. The lowest BCUT2D eigenvalue weighted by Crippen LogP contribution is -2.36. The molecule has 1 aliphatic rings. The van der Waals surface area contributed by atoms with Crippen molar-refractivity contribution in [2.75, 3.05) is 5.32 Å². The molecule has 0 unspecified atom stereocenters. The standard InChI is InChI=1S/C24H26N4O/c1-17-10-12-18(13-11-17)20-15-25-24(26-16-20)28-22-9-5-6-19(14-22)23(29)27-21-7-3-2-4-8-21/h5-6,9-16,21H,2-4,7-8H2,1H3,(H,27,29)(H,25,26,28). The second-order valence-electron chi connectivity index (χ2n) is 7.68. The normalized spacial score (nSPS) is 14.4.